The van der Waals surface area contributed by atoms with Crippen LogP contribution < -0.4 is 10.1 Å². The van der Waals surface area contributed by atoms with Crippen molar-refractivity contribution in [2.75, 3.05) is 12.4 Å². The van der Waals surface area contributed by atoms with Crippen molar-refractivity contribution in [2.24, 2.45) is 0 Å². The highest BCUT2D eigenvalue weighted by atomic mass is 19.1. The molecule has 8 heteroatoms. The highest BCUT2D eigenvalue weighted by Crippen LogP contribution is 2.29. The molecule has 0 aliphatic rings. The van der Waals surface area contributed by atoms with E-state index in [1.54, 1.807) is 6.92 Å². The molecule has 26 heavy (non-hydrogen) atoms. The number of hydrogen-bond acceptors (Lipinski definition) is 5. The number of carbonyl (C=O) groups excluding carboxylic acids is 1. The molecule has 0 saturated heterocycles. The number of anilines is 1. The number of halogens is 1. The van der Waals surface area contributed by atoms with Gasteiger partial charge >= 0.3 is 0 Å². The summed E-state index contributed by atoms with van der Waals surface area (Å²) in [5.74, 6) is -0.719. The number of nitrogens with zero attached hydrogens (tertiary/aromatic N) is 2. The number of ether oxygens (including phenoxy) is 1. The third-order valence-corrected chi connectivity index (χ3v) is 3.86. The first-order valence-electron chi connectivity index (χ1n) is 7.59. The molecule has 0 fully saturated rings. The van der Waals surface area contributed by atoms with Gasteiger partial charge in [-0.15, -0.1) is 0 Å². The second-order valence-corrected chi connectivity index (χ2v) is 5.55. The van der Waals surface area contributed by atoms with Crippen LogP contribution in [0.5, 0.6) is 5.75 Å². The Labute approximate surface area is 147 Å². The van der Waals surface area contributed by atoms with Gasteiger partial charge in [-0.25, -0.2) is 4.39 Å². The lowest BCUT2D eigenvalue weighted by atomic mass is 10.1. The normalized spacial score (nSPS) is 10.6. The lowest BCUT2D eigenvalue weighted by Gasteiger charge is -2.10. The van der Waals surface area contributed by atoms with Crippen LogP contribution in [-0.4, -0.2) is 22.9 Å². The topological polar surface area (TPSA) is 94.4 Å². The van der Waals surface area contributed by atoms with Crippen molar-refractivity contribution in [3.8, 4) is 5.75 Å². The van der Waals surface area contributed by atoms with E-state index in [9.17, 15) is 19.3 Å². The Bertz CT molecular complexity index is 1040. The zero-order valence-corrected chi connectivity index (χ0v) is 13.9. The summed E-state index contributed by atoms with van der Waals surface area (Å²) >= 11 is 0. The molecule has 0 radical (unpaired) electrons. The van der Waals surface area contributed by atoms with Crippen molar-refractivity contribution in [3.05, 3.63) is 69.7 Å². The lowest BCUT2D eigenvalue weighted by Crippen LogP contribution is -2.15. The van der Waals surface area contributed by atoms with Gasteiger partial charge < -0.3 is 10.1 Å². The van der Waals surface area contributed by atoms with Crippen LogP contribution in [0.25, 0.3) is 10.9 Å². The zero-order chi connectivity index (χ0) is 18.8. The molecule has 0 aliphatic heterocycles. The predicted octanol–water partition coefficient (Wildman–Crippen LogP) is 3.85. The van der Waals surface area contributed by atoms with Gasteiger partial charge in [-0.1, -0.05) is 0 Å². The number of pyridine rings is 1. The molecule has 1 heterocycles. The second kappa shape index (κ2) is 6.75. The molecule has 1 N–H and O–H groups in total. The molecule has 3 rings (SSSR count). The quantitative estimate of drug-likeness (QED) is 0.566. The van der Waals surface area contributed by atoms with E-state index in [0.717, 1.165) is 0 Å². The summed E-state index contributed by atoms with van der Waals surface area (Å²) in [7, 11) is 1.39. The molecular formula is C18H14FN3O4. The van der Waals surface area contributed by atoms with Crippen LogP contribution in [0.15, 0.2) is 42.5 Å². The van der Waals surface area contributed by atoms with Gasteiger partial charge in [0.1, 0.15) is 17.3 Å². The van der Waals surface area contributed by atoms with E-state index in [1.165, 1.54) is 49.6 Å². The maximum Gasteiger partial charge on any atom is 0.296 e. The van der Waals surface area contributed by atoms with Crippen LogP contribution in [0, 0.1) is 22.9 Å². The summed E-state index contributed by atoms with van der Waals surface area (Å²) in [6.45, 7) is 1.64. The Hall–Kier alpha value is -3.55. The number of nitro benzene ring substituents is 1. The number of benzene rings is 2. The average molecular weight is 355 g/mol. The Morgan fingerprint density at radius 1 is 1.23 bits per heavy atom. The monoisotopic (exact) mass is 355 g/mol. The number of methoxy groups -OCH3 is 1. The molecule has 0 unspecified atom stereocenters. The van der Waals surface area contributed by atoms with E-state index in [0.29, 0.717) is 22.3 Å². The van der Waals surface area contributed by atoms with E-state index in [-0.39, 0.29) is 16.9 Å². The third-order valence-electron chi connectivity index (χ3n) is 3.86. The number of aryl methyl sites for hydroxylation is 1. The molecule has 0 saturated carbocycles. The molecule has 132 valence electrons. The van der Waals surface area contributed by atoms with Gasteiger partial charge in [-0.3, -0.25) is 19.9 Å². The highest BCUT2D eigenvalue weighted by Gasteiger charge is 2.19. The van der Waals surface area contributed by atoms with Gasteiger partial charge in [0, 0.05) is 5.39 Å². The fourth-order valence-corrected chi connectivity index (χ4v) is 2.56. The van der Waals surface area contributed by atoms with Gasteiger partial charge in [0.05, 0.1) is 34.9 Å². The van der Waals surface area contributed by atoms with Gasteiger partial charge in [0.15, 0.2) is 0 Å². The summed E-state index contributed by atoms with van der Waals surface area (Å²) in [5.41, 5.74) is 0.913. The van der Waals surface area contributed by atoms with E-state index in [4.69, 9.17) is 4.74 Å². The van der Waals surface area contributed by atoms with Crippen molar-refractivity contribution in [1.29, 1.82) is 0 Å². The SMILES string of the molecule is COc1ccc(NC(=O)c2cc3cc(F)ccc3nc2C)c([N+](=O)[O-])c1. The van der Waals surface area contributed by atoms with Gasteiger partial charge in [-0.2, -0.15) is 0 Å². The molecule has 3 aromatic rings. The van der Waals surface area contributed by atoms with Crippen LogP contribution in [-0.2, 0) is 0 Å². The molecule has 0 spiro atoms. The summed E-state index contributed by atoms with van der Waals surface area (Å²) in [6, 6.07) is 9.70. The molecular weight excluding hydrogens is 341 g/mol. The fourth-order valence-electron chi connectivity index (χ4n) is 2.56. The number of hydrogen-bond donors (Lipinski definition) is 1. The minimum atomic E-state index is -0.612. The molecule has 0 aliphatic carbocycles. The van der Waals surface area contributed by atoms with E-state index >= 15 is 0 Å². The van der Waals surface area contributed by atoms with Crippen molar-refractivity contribution in [2.45, 2.75) is 6.92 Å². The zero-order valence-electron chi connectivity index (χ0n) is 13.9. The number of nitrogens with one attached hydrogen (secondary N) is 1. The minimum Gasteiger partial charge on any atom is -0.496 e. The van der Waals surface area contributed by atoms with E-state index in [1.807, 2.05) is 0 Å². The van der Waals surface area contributed by atoms with Gasteiger partial charge in [0.2, 0.25) is 0 Å². The first kappa shape index (κ1) is 17.3. The van der Waals surface area contributed by atoms with Crippen molar-refractivity contribution >= 4 is 28.2 Å². The largest absolute Gasteiger partial charge is 0.496 e. The summed E-state index contributed by atoms with van der Waals surface area (Å²) < 4.78 is 18.4. The second-order valence-electron chi connectivity index (χ2n) is 5.55. The predicted molar refractivity (Wildman–Crippen MR) is 94.0 cm³/mol. The summed E-state index contributed by atoms with van der Waals surface area (Å²) in [5, 5.41) is 14.2. The lowest BCUT2D eigenvalue weighted by molar-refractivity contribution is -0.384. The first-order chi connectivity index (χ1) is 12.4. The summed E-state index contributed by atoms with van der Waals surface area (Å²) in [6.07, 6.45) is 0. The smallest absolute Gasteiger partial charge is 0.296 e. The first-order valence-corrected chi connectivity index (χ1v) is 7.59. The Kier molecular flexibility index (Phi) is 4.49. The fraction of sp³-hybridized carbons (Fsp3) is 0.111. The van der Waals surface area contributed by atoms with Gasteiger partial charge in [0.25, 0.3) is 11.6 Å². The van der Waals surface area contributed by atoms with Crippen molar-refractivity contribution in [1.82, 2.24) is 4.98 Å². The number of carbonyl (C=O) groups is 1. The average Bonchev–Trinajstić information content (AvgIpc) is 2.61. The number of fused-ring (bicyclic) bond motifs is 1. The Morgan fingerprint density at radius 2 is 2.00 bits per heavy atom. The molecule has 1 aromatic heterocycles. The van der Waals surface area contributed by atoms with E-state index in [2.05, 4.69) is 10.3 Å². The van der Waals surface area contributed by atoms with Crippen LogP contribution in [0.3, 0.4) is 0 Å². The van der Waals surface area contributed by atoms with Crippen molar-refractivity contribution in [3.63, 3.8) is 0 Å². The van der Waals surface area contributed by atoms with Crippen LogP contribution >= 0.6 is 0 Å². The number of nitro groups is 1. The maximum absolute atomic E-state index is 13.4. The van der Waals surface area contributed by atoms with E-state index < -0.39 is 16.6 Å². The Morgan fingerprint density at radius 3 is 2.69 bits per heavy atom. The standard InChI is InChI=1S/C18H14FN3O4/c1-10-14(8-11-7-12(19)3-5-15(11)20-10)18(23)21-16-6-4-13(26-2)9-17(16)22(24)25/h3-9H,1-2H3,(H,21,23). The number of aromatic nitrogens is 1. The minimum absolute atomic E-state index is 0.0274. The third kappa shape index (κ3) is 3.30. The van der Waals surface area contributed by atoms with Crippen LogP contribution in [0.1, 0.15) is 16.1 Å². The summed E-state index contributed by atoms with van der Waals surface area (Å²) in [4.78, 5) is 27.5. The Balaban J connectivity index is 1.99. The molecule has 2 aromatic carbocycles. The molecule has 0 bridgehead atoms. The molecule has 1 amide bonds. The number of amides is 1. The highest BCUT2D eigenvalue weighted by molar-refractivity contribution is 6.07. The molecule has 0 atom stereocenters. The maximum atomic E-state index is 13.4. The molecule has 7 nitrogen and oxygen atoms in total. The van der Waals surface area contributed by atoms with Crippen LogP contribution in [0.2, 0.25) is 0 Å². The van der Waals surface area contributed by atoms with Gasteiger partial charge in [-0.05, 0) is 43.3 Å². The van der Waals surface area contributed by atoms with Crippen molar-refractivity contribution < 1.29 is 18.8 Å². The number of rotatable bonds is 4. The van der Waals surface area contributed by atoms with Crippen LogP contribution in [0.4, 0.5) is 15.8 Å².